The largest absolute Gasteiger partial charge is 0.280 e. The zero-order valence-corrected chi connectivity index (χ0v) is 86.7. The molecule has 5 aromatic heterocycles. The van der Waals surface area contributed by atoms with Gasteiger partial charge in [0.15, 0.2) is 5.82 Å². The van der Waals surface area contributed by atoms with E-state index in [4.69, 9.17) is 81.2 Å². The quantitative estimate of drug-likeness (QED) is 0.0550. The van der Waals surface area contributed by atoms with Crippen LogP contribution >= 0.6 is 81.2 Å². The third kappa shape index (κ3) is 23.4. The van der Waals surface area contributed by atoms with Gasteiger partial charge in [0.2, 0.25) is 40.1 Å². The number of hydrogen-bond acceptors (Lipinski definition) is 22. The fourth-order valence-corrected chi connectivity index (χ4v) is 29.6. The first kappa shape index (κ1) is 103. The zero-order valence-electron chi connectivity index (χ0n) is 74.9. The number of fused-ring (bicyclic) bond motifs is 4. The molecule has 20 rings (SSSR count). The predicted molar refractivity (Wildman–Crippen MR) is 570 cm³/mol. The van der Waals surface area contributed by atoms with Crippen molar-refractivity contribution in [3.63, 3.8) is 0 Å². The first-order chi connectivity index (χ1) is 68.2. The van der Waals surface area contributed by atoms with E-state index >= 15 is 0 Å². The fourth-order valence-electron chi connectivity index (χ4n) is 16.4. The standard InChI is InChI=1S/2C25H21Cl2N3O4S2.C24H20Cl2N4O4S2.C24H21ClN4O4S2/c26-21-10-8-18(15-20(21)24-11-7-17-5-1-2-6-23(17)28-24)29-36(33,34)25-12-9-19(16-22(25)27)30-13-3-4-14-35(30,31)32;26-22-9-7-18(15-21(22)25-20-6-2-1-5-17(20)11-12-28-25)29-36(33,34)24-10-8-19(16-23(24)27)30-13-3-4-14-35(30,31)32;25-20-9-7-17(13-19(20)24-27-15-16-5-1-2-6-22(16)28-24)29-36(33,34)23-10-8-18(14-21(23)26)30-11-3-4-12-35(30,31)32;25-22-9-4-18(15-21(22)24-10-3-17-16-26-12-11-23(17)27-24)28-35(32,33)20-7-5-19(6-8-20)29-13-1-2-14-34(29,30)31/h2*1-2,5-12,15-16,29H,3-4,13-14H2;1-2,5-10,13-15,29H,3-4,11-12H2;3-12,15-16,28H,1-2,13-14H2. The summed E-state index contributed by atoms with van der Waals surface area (Å²) in [7, 11) is -29.9. The lowest BCUT2D eigenvalue weighted by atomic mass is 10.0. The summed E-state index contributed by atoms with van der Waals surface area (Å²) in [5.74, 6) is 0.598. The van der Waals surface area contributed by atoms with E-state index < -0.39 is 80.2 Å². The maximum atomic E-state index is 13.2. The molecular formula is C98H83Cl7N14O16S8. The van der Waals surface area contributed by atoms with E-state index in [2.05, 4.69) is 48.8 Å². The Kier molecular flexibility index (Phi) is 30.5. The average Bonchev–Trinajstić information content (AvgIpc) is 0.778. The lowest BCUT2D eigenvalue weighted by molar-refractivity contribution is 0.573. The van der Waals surface area contributed by atoms with Crippen molar-refractivity contribution in [1.82, 2.24) is 29.9 Å². The van der Waals surface area contributed by atoms with E-state index in [0.29, 0.717) is 146 Å². The Bertz CT molecular complexity index is 8450. The molecule has 0 unspecified atom stereocenters. The van der Waals surface area contributed by atoms with Gasteiger partial charge in [-0.2, -0.15) is 0 Å². The third-order valence-electron chi connectivity index (χ3n) is 23.5. The predicted octanol–water partition coefficient (Wildman–Crippen LogP) is 21.9. The molecule has 738 valence electrons. The monoisotopic (exact) mass is 2210 g/mol. The molecule has 4 saturated heterocycles. The van der Waals surface area contributed by atoms with Crippen molar-refractivity contribution < 1.29 is 67.3 Å². The number of nitrogens with zero attached hydrogens (tertiary/aromatic N) is 10. The minimum absolute atomic E-state index is 0.0171. The van der Waals surface area contributed by atoms with Crippen LogP contribution in [0.4, 0.5) is 45.5 Å². The van der Waals surface area contributed by atoms with Gasteiger partial charge < -0.3 is 0 Å². The number of anilines is 8. The second-order valence-corrected chi connectivity index (χ2v) is 50.7. The van der Waals surface area contributed by atoms with Gasteiger partial charge in [-0.1, -0.05) is 148 Å². The molecule has 4 fully saturated rings. The Balaban J connectivity index is 0.000000131. The number of halogens is 7. The van der Waals surface area contributed by atoms with Crippen molar-refractivity contribution in [1.29, 1.82) is 0 Å². The van der Waals surface area contributed by atoms with Crippen LogP contribution in [0.1, 0.15) is 51.4 Å². The number of benzene rings is 11. The first-order valence-corrected chi connectivity index (χ1v) is 59.1. The van der Waals surface area contributed by atoms with Crippen molar-refractivity contribution in [2.75, 3.05) is 85.3 Å². The van der Waals surface area contributed by atoms with Crippen molar-refractivity contribution in [2.45, 2.75) is 70.9 Å². The SMILES string of the molecule is O=S(=O)(Nc1ccc(Cl)c(-c2ccc3ccccc3n2)c1)c1ccc(N2CCCCS2(=O)=O)cc1Cl.O=S(=O)(Nc1ccc(Cl)c(-c2ccc3cnccc3n2)c1)c1ccc(N2CCCCS2(=O)=O)cc1.O=S(=O)(Nc1ccc(Cl)c(-c2ncc3ccccc3n2)c1)c1ccc(N2CCCCS2(=O)=O)cc1Cl.O=S(=O)(Nc1ccc(Cl)c(-c2nccc3ccccc23)c1)c1ccc(N2CCCCS2(=O)=O)cc1Cl. The third-order valence-corrected chi connectivity index (χ3v) is 39.3. The molecule has 4 aliphatic rings. The number of nitrogens with one attached hydrogen (secondary N) is 4. The Labute approximate surface area is 861 Å². The zero-order chi connectivity index (χ0) is 101. The molecule has 16 aromatic rings. The van der Waals surface area contributed by atoms with E-state index in [1.165, 1.54) is 102 Å². The van der Waals surface area contributed by atoms with Crippen molar-refractivity contribution in [3.05, 3.63) is 321 Å². The van der Waals surface area contributed by atoms with Crippen LogP contribution in [-0.4, -0.2) is 146 Å². The van der Waals surface area contributed by atoms with Crippen LogP contribution in [0.3, 0.4) is 0 Å². The summed E-state index contributed by atoms with van der Waals surface area (Å²) < 4.78 is 219. The minimum atomic E-state index is -4.10. The molecule has 0 saturated carbocycles. The number of aromatic nitrogens is 6. The normalized spacial score (nSPS) is 15.7. The summed E-state index contributed by atoms with van der Waals surface area (Å²) in [6, 6.07) is 71.1. The molecule has 0 atom stereocenters. The van der Waals surface area contributed by atoms with Crippen LogP contribution in [-0.2, 0) is 80.2 Å². The molecule has 0 spiro atoms. The number of pyridine rings is 4. The minimum Gasteiger partial charge on any atom is -0.280 e. The van der Waals surface area contributed by atoms with Gasteiger partial charge in [-0.3, -0.25) is 46.1 Å². The first-order valence-electron chi connectivity index (χ1n) is 44.1. The van der Waals surface area contributed by atoms with Crippen LogP contribution in [0.5, 0.6) is 0 Å². The Morgan fingerprint density at radius 3 is 1.08 bits per heavy atom. The van der Waals surface area contributed by atoms with Crippen molar-refractivity contribution in [2.24, 2.45) is 0 Å². The maximum Gasteiger partial charge on any atom is 0.263 e. The van der Waals surface area contributed by atoms with Crippen molar-refractivity contribution in [3.8, 4) is 45.2 Å². The molecule has 9 heterocycles. The highest BCUT2D eigenvalue weighted by Crippen LogP contribution is 2.42. The topological polar surface area (TPSA) is 412 Å². The molecular weight excluding hydrogens is 2130 g/mol. The van der Waals surface area contributed by atoms with E-state index in [0.717, 1.165) is 69.2 Å². The smallest absolute Gasteiger partial charge is 0.263 e. The molecule has 11 aromatic carbocycles. The number of hydrogen-bond donors (Lipinski definition) is 4. The Morgan fingerprint density at radius 1 is 0.280 bits per heavy atom. The molecule has 0 bridgehead atoms. The van der Waals surface area contributed by atoms with Crippen LogP contribution < -0.4 is 36.1 Å². The number of para-hydroxylation sites is 2. The average molecular weight is 2220 g/mol. The summed E-state index contributed by atoms with van der Waals surface area (Å²) in [6.07, 6.45) is 12.1. The second kappa shape index (κ2) is 42.5. The summed E-state index contributed by atoms with van der Waals surface area (Å²) >= 11 is 44.6. The highest BCUT2D eigenvalue weighted by molar-refractivity contribution is 7.95. The van der Waals surface area contributed by atoms with Crippen LogP contribution in [0.25, 0.3) is 88.6 Å². The van der Waals surface area contributed by atoms with Gasteiger partial charge >= 0.3 is 0 Å². The van der Waals surface area contributed by atoms with Gasteiger partial charge in [0.25, 0.3) is 40.1 Å². The van der Waals surface area contributed by atoms with E-state index in [1.807, 2.05) is 97.1 Å². The summed E-state index contributed by atoms with van der Waals surface area (Å²) in [4.78, 5) is 26.2. The second-order valence-electron chi connectivity index (χ2n) is 33.2. The van der Waals surface area contributed by atoms with Gasteiger partial charge in [-0.15, -0.1) is 0 Å². The molecule has 30 nitrogen and oxygen atoms in total. The molecule has 0 radical (unpaired) electrons. The van der Waals surface area contributed by atoms with Gasteiger partial charge in [0, 0.05) is 118 Å². The van der Waals surface area contributed by atoms with E-state index in [-0.39, 0.29) is 74.7 Å². The maximum absolute atomic E-state index is 13.2. The number of rotatable bonds is 20. The van der Waals surface area contributed by atoms with Gasteiger partial charge in [-0.05, 0) is 251 Å². The summed E-state index contributed by atoms with van der Waals surface area (Å²) in [6.45, 7) is 1.38. The van der Waals surface area contributed by atoms with Crippen LogP contribution in [0.2, 0.25) is 35.2 Å². The van der Waals surface area contributed by atoms with E-state index in [9.17, 15) is 67.3 Å². The molecule has 143 heavy (non-hydrogen) atoms. The highest BCUT2D eigenvalue weighted by atomic mass is 35.5. The summed E-state index contributed by atoms with van der Waals surface area (Å²) in [5.41, 5.74) is 8.87. The van der Waals surface area contributed by atoms with Crippen molar-refractivity contribution >= 4 is 250 Å². The molecule has 4 aliphatic heterocycles. The number of sulfonamides is 8. The van der Waals surface area contributed by atoms with Gasteiger partial charge in [0.05, 0.1) is 119 Å². The van der Waals surface area contributed by atoms with Crippen LogP contribution in [0.15, 0.2) is 305 Å². The summed E-state index contributed by atoms with van der Waals surface area (Å²) in [5, 5.41) is 5.97. The fraction of sp³-hybridized carbons (Fsp3) is 0.163. The highest BCUT2D eigenvalue weighted by Gasteiger charge is 2.34. The molecule has 45 heteroatoms. The lowest BCUT2D eigenvalue weighted by Crippen LogP contribution is -2.37. The molecule has 0 amide bonds. The Hall–Kier alpha value is -11.8. The van der Waals surface area contributed by atoms with Gasteiger partial charge in [0.1, 0.15) is 14.7 Å². The lowest BCUT2D eigenvalue weighted by Gasteiger charge is -2.28. The molecule has 4 N–H and O–H groups in total. The van der Waals surface area contributed by atoms with Gasteiger partial charge in [-0.25, -0.2) is 87.3 Å². The van der Waals surface area contributed by atoms with E-state index in [1.54, 1.807) is 104 Å². The molecule has 0 aliphatic carbocycles. The van der Waals surface area contributed by atoms with Crippen LogP contribution in [0, 0.1) is 0 Å². The Morgan fingerprint density at radius 2 is 0.636 bits per heavy atom.